The molecule has 0 aromatic heterocycles. The minimum atomic E-state index is -0.847. The maximum absolute atomic E-state index is 9.94. The molecule has 5 nitrogen and oxygen atoms in total. The molecule has 3 atom stereocenters. The van der Waals surface area contributed by atoms with E-state index in [4.69, 9.17) is 10.5 Å². The molecule has 0 saturated carbocycles. The Labute approximate surface area is 104 Å². The maximum Gasteiger partial charge on any atom is 0.0962 e. The quantitative estimate of drug-likeness (QED) is 0.584. The summed E-state index contributed by atoms with van der Waals surface area (Å²) in [5, 5.41) is 19.9. The third-order valence-electron chi connectivity index (χ3n) is 3.13. The lowest BCUT2D eigenvalue weighted by atomic mass is 9.96. The average Bonchev–Trinajstić information content (AvgIpc) is 2.28. The van der Waals surface area contributed by atoms with Crippen molar-refractivity contribution in [3.63, 3.8) is 0 Å². The minimum absolute atomic E-state index is 0.356. The highest BCUT2D eigenvalue weighted by molar-refractivity contribution is 4.82. The molecule has 1 aliphatic heterocycles. The van der Waals surface area contributed by atoms with Gasteiger partial charge in [0.15, 0.2) is 0 Å². The molecule has 17 heavy (non-hydrogen) atoms. The molecular weight excluding hydrogens is 220 g/mol. The Kier molecular flexibility index (Phi) is 6.37. The second-order valence-corrected chi connectivity index (χ2v) is 5.26. The summed E-state index contributed by atoms with van der Waals surface area (Å²) in [5.74, 6) is 0.426. The van der Waals surface area contributed by atoms with Gasteiger partial charge in [0.25, 0.3) is 0 Å². The van der Waals surface area contributed by atoms with Gasteiger partial charge in [-0.25, -0.2) is 0 Å². The van der Waals surface area contributed by atoms with Crippen LogP contribution in [0.4, 0.5) is 0 Å². The van der Waals surface area contributed by atoms with Gasteiger partial charge < -0.3 is 20.7 Å². The van der Waals surface area contributed by atoms with Gasteiger partial charge in [0, 0.05) is 25.7 Å². The topological polar surface area (TPSA) is 79.0 Å². The van der Waals surface area contributed by atoms with Crippen molar-refractivity contribution in [2.75, 3.05) is 32.8 Å². The largest absolute Gasteiger partial charge is 0.389 e. The molecule has 1 fully saturated rings. The maximum atomic E-state index is 9.94. The van der Waals surface area contributed by atoms with Crippen molar-refractivity contribution in [3.05, 3.63) is 0 Å². The molecule has 1 heterocycles. The van der Waals surface area contributed by atoms with Gasteiger partial charge >= 0.3 is 0 Å². The van der Waals surface area contributed by atoms with Crippen LogP contribution < -0.4 is 5.73 Å². The number of rotatable bonds is 6. The standard InChI is InChI=1S/C12H26N2O3/c1-9(2)7-10(13)12(16)11(15)8-14-3-5-17-6-4-14/h9-12,15-16H,3-8,13H2,1-2H3/t10-,11?,12?/m0/s1. The van der Waals surface area contributed by atoms with Crippen LogP contribution in [-0.2, 0) is 4.74 Å². The normalized spacial score (nSPS) is 23.6. The lowest BCUT2D eigenvalue weighted by molar-refractivity contribution is -0.0381. The van der Waals surface area contributed by atoms with Gasteiger partial charge in [-0.3, -0.25) is 4.90 Å². The summed E-state index contributed by atoms with van der Waals surface area (Å²) in [4.78, 5) is 2.10. The van der Waals surface area contributed by atoms with Gasteiger partial charge in [-0.15, -0.1) is 0 Å². The monoisotopic (exact) mass is 246 g/mol. The van der Waals surface area contributed by atoms with Crippen LogP contribution in [0.2, 0.25) is 0 Å². The highest BCUT2D eigenvalue weighted by Gasteiger charge is 2.26. The van der Waals surface area contributed by atoms with Gasteiger partial charge in [0.1, 0.15) is 0 Å². The van der Waals surface area contributed by atoms with Crippen molar-refractivity contribution in [2.24, 2.45) is 11.7 Å². The molecule has 5 heteroatoms. The first-order chi connectivity index (χ1) is 8.00. The predicted octanol–water partition coefficient (Wildman–Crippen LogP) is -0.586. The molecule has 2 unspecified atom stereocenters. The molecule has 0 spiro atoms. The number of ether oxygens (including phenoxy) is 1. The van der Waals surface area contributed by atoms with Crippen LogP contribution in [0.25, 0.3) is 0 Å². The molecule has 1 rings (SSSR count). The van der Waals surface area contributed by atoms with Crippen molar-refractivity contribution < 1.29 is 14.9 Å². The Balaban J connectivity index is 2.31. The molecule has 0 bridgehead atoms. The van der Waals surface area contributed by atoms with Crippen LogP contribution in [-0.4, -0.2) is 66.2 Å². The van der Waals surface area contributed by atoms with Gasteiger partial charge in [-0.2, -0.15) is 0 Å². The van der Waals surface area contributed by atoms with E-state index in [-0.39, 0.29) is 6.04 Å². The summed E-state index contributed by atoms with van der Waals surface area (Å²) in [6.07, 6.45) is -0.900. The zero-order valence-corrected chi connectivity index (χ0v) is 10.9. The molecule has 0 amide bonds. The SMILES string of the molecule is CC(C)C[C@H](N)C(O)C(O)CN1CCOCC1. The van der Waals surface area contributed by atoms with E-state index in [0.29, 0.717) is 25.7 Å². The number of nitrogens with zero attached hydrogens (tertiary/aromatic N) is 1. The summed E-state index contributed by atoms with van der Waals surface area (Å²) < 4.78 is 5.23. The molecular formula is C12H26N2O3. The Morgan fingerprint density at radius 2 is 1.82 bits per heavy atom. The fourth-order valence-corrected chi connectivity index (χ4v) is 2.13. The summed E-state index contributed by atoms with van der Waals surface area (Å²) in [6.45, 7) is 7.59. The first kappa shape index (κ1) is 14.9. The second-order valence-electron chi connectivity index (χ2n) is 5.26. The van der Waals surface area contributed by atoms with E-state index in [1.165, 1.54) is 0 Å². The molecule has 0 radical (unpaired) electrons. The van der Waals surface area contributed by atoms with Crippen LogP contribution in [0.15, 0.2) is 0 Å². The summed E-state index contributed by atoms with van der Waals surface area (Å²) in [6, 6.07) is -0.356. The fraction of sp³-hybridized carbons (Fsp3) is 1.00. The Morgan fingerprint density at radius 3 is 2.35 bits per heavy atom. The van der Waals surface area contributed by atoms with E-state index < -0.39 is 12.2 Å². The smallest absolute Gasteiger partial charge is 0.0962 e. The number of aliphatic hydroxyl groups excluding tert-OH is 2. The fourth-order valence-electron chi connectivity index (χ4n) is 2.13. The average molecular weight is 246 g/mol. The Hall–Kier alpha value is -0.200. The molecule has 102 valence electrons. The van der Waals surface area contributed by atoms with Gasteiger partial charge in [0.2, 0.25) is 0 Å². The number of hydrogen-bond donors (Lipinski definition) is 3. The van der Waals surface area contributed by atoms with Crippen LogP contribution in [0, 0.1) is 5.92 Å². The first-order valence-corrected chi connectivity index (χ1v) is 6.42. The van der Waals surface area contributed by atoms with Gasteiger partial charge in [0.05, 0.1) is 25.4 Å². The predicted molar refractivity (Wildman–Crippen MR) is 66.7 cm³/mol. The minimum Gasteiger partial charge on any atom is -0.389 e. The molecule has 1 saturated heterocycles. The van der Waals surface area contributed by atoms with Gasteiger partial charge in [-0.1, -0.05) is 13.8 Å². The summed E-state index contributed by atoms with van der Waals surface area (Å²) >= 11 is 0. The van der Waals surface area contributed by atoms with E-state index in [0.717, 1.165) is 19.5 Å². The van der Waals surface area contributed by atoms with Crippen LogP contribution >= 0.6 is 0 Å². The van der Waals surface area contributed by atoms with E-state index in [1.807, 2.05) is 0 Å². The van der Waals surface area contributed by atoms with Crippen LogP contribution in [0.1, 0.15) is 20.3 Å². The lowest BCUT2D eigenvalue weighted by Crippen LogP contribution is -2.50. The van der Waals surface area contributed by atoms with Gasteiger partial charge in [-0.05, 0) is 12.3 Å². The number of morpholine rings is 1. The molecule has 4 N–H and O–H groups in total. The lowest BCUT2D eigenvalue weighted by Gasteiger charge is -2.32. The van der Waals surface area contributed by atoms with Crippen molar-refractivity contribution in [1.82, 2.24) is 4.90 Å². The molecule has 0 aliphatic carbocycles. The number of aliphatic hydroxyl groups is 2. The highest BCUT2D eigenvalue weighted by Crippen LogP contribution is 2.10. The van der Waals surface area contributed by atoms with Crippen molar-refractivity contribution >= 4 is 0 Å². The Morgan fingerprint density at radius 1 is 1.24 bits per heavy atom. The van der Waals surface area contributed by atoms with Crippen molar-refractivity contribution in [3.8, 4) is 0 Å². The second kappa shape index (κ2) is 7.28. The van der Waals surface area contributed by atoms with Crippen molar-refractivity contribution in [1.29, 1.82) is 0 Å². The van der Waals surface area contributed by atoms with Crippen molar-refractivity contribution in [2.45, 2.75) is 38.5 Å². The zero-order chi connectivity index (χ0) is 12.8. The number of hydrogen-bond acceptors (Lipinski definition) is 5. The Bertz CT molecular complexity index is 208. The van der Waals surface area contributed by atoms with E-state index in [2.05, 4.69) is 18.7 Å². The van der Waals surface area contributed by atoms with E-state index >= 15 is 0 Å². The zero-order valence-electron chi connectivity index (χ0n) is 10.9. The third-order valence-corrected chi connectivity index (χ3v) is 3.13. The number of β-amino-alcohol motifs (C(OH)–C–C–N with tert-alkyl or cyclic N) is 1. The molecule has 1 aliphatic rings. The van der Waals surface area contributed by atoms with Crippen LogP contribution in [0.3, 0.4) is 0 Å². The highest BCUT2D eigenvalue weighted by atomic mass is 16.5. The van der Waals surface area contributed by atoms with E-state index in [9.17, 15) is 10.2 Å². The number of nitrogens with two attached hydrogens (primary N) is 1. The van der Waals surface area contributed by atoms with Crippen LogP contribution in [0.5, 0.6) is 0 Å². The first-order valence-electron chi connectivity index (χ1n) is 6.42. The molecule has 0 aromatic carbocycles. The third kappa shape index (κ3) is 5.31. The van der Waals surface area contributed by atoms with E-state index in [1.54, 1.807) is 0 Å². The summed E-state index contributed by atoms with van der Waals surface area (Å²) in [5.41, 5.74) is 5.87. The molecule has 0 aromatic rings. The summed E-state index contributed by atoms with van der Waals surface area (Å²) in [7, 11) is 0.